The second-order valence-electron chi connectivity index (χ2n) is 3.72. The van der Waals surface area contributed by atoms with Crippen molar-refractivity contribution in [1.29, 1.82) is 0 Å². The largest absolute Gasteiger partial charge is 0.481 e. The van der Waals surface area contributed by atoms with Crippen LogP contribution in [0.3, 0.4) is 0 Å². The zero-order chi connectivity index (χ0) is 9.84. The molecule has 0 radical (unpaired) electrons. The van der Waals surface area contributed by atoms with Gasteiger partial charge in [-0.05, 0) is 19.3 Å². The van der Waals surface area contributed by atoms with Gasteiger partial charge in [-0.25, -0.2) is 0 Å². The van der Waals surface area contributed by atoms with E-state index in [4.69, 9.17) is 5.11 Å². The summed E-state index contributed by atoms with van der Waals surface area (Å²) in [4.78, 5) is 22.0. The maximum atomic E-state index is 11.3. The number of hydrogen-bond acceptors (Lipinski definition) is 2. The molecule has 0 spiro atoms. The van der Waals surface area contributed by atoms with Crippen molar-refractivity contribution in [1.82, 2.24) is 0 Å². The average molecular weight is 184 g/mol. The molecule has 3 nitrogen and oxygen atoms in total. The van der Waals surface area contributed by atoms with Gasteiger partial charge in [0.2, 0.25) is 0 Å². The van der Waals surface area contributed by atoms with Gasteiger partial charge >= 0.3 is 5.97 Å². The summed E-state index contributed by atoms with van der Waals surface area (Å²) in [5.74, 6) is -0.784. The molecule has 1 aliphatic carbocycles. The van der Waals surface area contributed by atoms with E-state index in [0.29, 0.717) is 12.8 Å². The minimum Gasteiger partial charge on any atom is -0.481 e. The molecule has 0 bridgehead atoms. The van der Waals surface area contributed by atoms with Gasteiger partial charge < -0.3 is 5.11 Å². The van der Waals surface area contributed by atoms with E-state index >= 15 is 0 Å². The molecule has 0 aromatic heterocycles. The number of rotatable bonds is 3. The van der Waals surface area contributed by atoms with Crippen LogP contribution in [0.15, 0.2) is 0 Å². The summed E-state index contributed by atoms with van der Waals surface area (Å²) in [6, 6.07) is 0. The molecule has 0 saturated heterocycles. The Balaban J connectivity index is 2.51. The third kappa shape index (κ3) is 2.54. The smallest absolute Gasteiger partial charge is 0.306 e. The van der Waals surface area contributed by atoms with Crippen LogP contribution in [0.1, 0.15) is 39.0 Å². The monoisotopic (exact) mass is 184 g/mol. The fraction of sp³-hybridized carbons (Fsp3) is 0.800. The lowest BCUT2D eigenvalue weighted by molar-refractivity contribution is -0.143. The van der Waals surface area contributed by atoms with Crippen molar-refractivity contribution in [2.24, 2.45) is 11.8 Å². The van der Waals surface area contributed by atoms with Crippen LogP contribution in [-0.4, -0.2) is 16.9 Å². The van der Waals surface area contributed by atoms with Crippen LogP contribution in [0.2, 0.25) is 0 Å². The molecule has 0 unspecified atom stereocenters. The number of carbonyl (C=O) groups is 2. The van der Waals surface area contributed by atoms with Crippen LogP contribution in [0.4, 0.5) is 0 Å². The molecule has 1 N–H and O–H groups in total. The first-order chi connectivity index (χ1) is 6.15. The highest BCUT2D eigenvalue weighted by Gasteiger charge is 2.29. The van der Waals surface area contributed by atoms with E-state index in [9.17, 15) is 9.59 Å². The fourth-order valence-electron chi connectivity index (χ4n) is 2.00. The van der Waals surface area contributed by atoms with Crippen LogP contribution in [-0.2, 0) is 9.59 Å². The van der Waals surface area contributed by atoms with Gasteiger partial charge in [-0.1, -0.05) is 13.3 Å². The molecular weight excluding hydrogens is 168 g/mol. The number of ketones is 1. The molecule has 0 aromatic carbocycles. The molecule has 0 heterocycles. The van der Waals surface area contributed by atoms with Gasteiger partial charge in [0.05, 0.1) is 5.92 Å². The summed E-state index contributed by atoms with van der Waals surface area (Å²) < 4.78 is 0. The topological polar surface area (TPSA) is 54.4 Å². The zero-order valence-electron chi connectivity index (χ0n) is 7.95. The first kappa shape index (κ1) is 10.2. The van der Waals surface area contributed by atoms with E-state index in [1.807, 2.05) is 6.92 Å². The number of hydrogen-bond donors (Lipinski definition) is 1. The Labute approximate surface area is 78.1 Å². The average Bonchev–Trinajstić information content (AvgIpc) is 2.17. The van der Waals surface area contributed by atoms with E-state index in [1.165, 1.54) is 0 Å². The van der Waals surface area contributed by atoms with Crippen LogP contribution < -0.4 is 0 Å². The first-order valence-corrected chi connectivity index (χ1v) is 4.90. The fourth-order valence-corrected chi connectivity index (χ4v) is 2.00. The molecule has 1 fully saturated rings. The van der Waals surface area contributed by atoms with Crippen molar-refractivity contribution in [2.45, 2.75) is 39.0 Å². The summed E-state index contributed by atoms with van der Waals surface area (Å²) in [7, 11) is 0. The van der Waals surface area contributed by atoms with E-state index in [2.05, 4.69) is 0 Å². The molecule has 0 amide bonds. The van der Waals surface area contributed by atoms with Gasteiger partial charge in [-0.15, -0.1) is 0 Å². The van der Waals surface area contributed by atoms with Crippen molar-refractivity contribution in [2.75, 3.05) is 0 Å². The van der Waals surface area contributed by atoms with Crippen molar-refractivity contribution >= 4 is 11.8 Å². The second-order valence-corrected chi connectivity index (χ2v) is 3.72. The molecule has 1 rings (SSSR count). The van der Waals surface area contributed by atoms with Crippen LogP contribution in [0, 0.1) is 11.8 Å². The lowest BCUT2D eigenvalue weighted by Gasteiger charge is -2.25. The lowest BCUT2D eigenvalue weighted by atomic mass is 9.79. The first-order valence-electron chi connectivity index (χ1n) is 4.90. The zero-order valence-corrected chi connectivity index (χ0v) is 7.95. The predicted molar refractivity (Wildman–Crippen MR) is 48.4 cm³/mol. The summed E-state index contributed by atoms with van der Waals surface area (Å²) in [6.45, 7) is 1.84. The third-order valence-corrected chi connectivity index (χ3v) is 2.83. The Hall–Kier alpha value is -0.860. The predicted octanol–water partition coefficient (Wildman–Crippen LogP) is 1.86. The number of carboxylic acid groups (broad SMARTS) is 1. The minimum absolute atomic E-state index is 0.0137. The van der Waals surface area contributed by atoms with Crippen molar-refractivity contribution in [3.63, 3.8) is 0 Å². The van der Waals surface area contributed by atoms with Crippen molar-refractivity contribution in [3.05, 3.63) is 0 Å². The Morgan fingerprint density at radius 2 is 1.92 bits per heavy atom. The minimum atomic E-state index is -0.742. The lowest BCUT2D eigenvalue weighted by Crippen LogP contribution is -2.26. The van der Waals surface area contributed by atoms with Gasteiger partial charge in [-0.2, -0.15) is 0 Å². The van der Waals surface area contributed by atoms with Gasteiger partial charge in [0.1, 0.15) is 5.78 Å². The van der Waals surface area contributed by atoms with Gasteiger partial charge in [-0.3, -0.25) is 9.59 Å². The number of Topliss-reactive ketones (excluding diaryl/α,β-unsaturated/α-hetero) is 1. The maximum Gasteiger partial charge on any atom is 0.306 e. The van der Waals surface area contributed by atoms with Gasteiger partial charge in [0.25, 0.3) is 0 Å². The molecule has 74 valence electrons. The summed E-state index contributed by atoms with van der Waals surface area (Å²) >= 11 is 0. The number of aliphatic carboxylic acids is 1. The third-order valence-electron chi connectivity index (χ3n) is 2.83. The van der Waals surface area contributed by atoms with E-state index in [1.54, 1.807) is 0 Å². The Kier molecular flexibility index (Phi) is 3.46. The Bertz CT molecular complexity index is 210. The standard InChI is InChI=1S/C10H16O3/c1-2-9(11)7-4-3-5-8(6-7)10(12)13/h7-8H,2-6H2,1H3,(H,12,13)/t7-,8+/m1/s1. The molecule has 13 heavy (non-hydrogen) atoms. The highest BCUT2D eigenvalue weighted by atomic mass is 16.4. The Morgan fingerprint density at radius 1 is 1.31 bits per heavy atom. The SMILES string of the molecule is CCC(=O)[C@@H]1CCC[C@H](C(=O)O)C1. The Morgan fingerprint density at radius 3 is 2.46 bits per heavy atom. The molecule has 0 aromatic rings. The molecule has 0 aliphatic heterocycles. The normalized spacial score (nSPS) is 28.4. The van der Waals surface area contributed by atoms with Crippen LogP contribution in [0.25, 0.3) is 0 Å². The quantitative estimate of drug-likeness (QED) is 0.728. The molecule has 1 aliphatic rings. The van der Waals surface area contributed by atoms with Crippen LogP contribution >= 0.6 is 0 Å². The highest BCUT2D eigenvalue weighted by Crippen LogP contribution is 2.30. The molecule has 2 atom stereocenters. The van der Waals surface area contributed by atoms with E-state index in [-0.39, 0.29) is 17.6 Å². The summed E-state index contributed by atoms with van der Waals surface area (Å²) in [6.07, 6.45) is 3.60. The number of carboxylic acids is 1. The van der Waals surface area contributed by atoms with Crippen molar-refractivity contribution < 1.29 is 14.7 Å². The highest BCUT2D eigenvalue weighted by molar-refractivity contribution is 5.81. The van der Waals surface area contributed by atoms with E-state index in [0.717, 1.165) is 19.3 Å². The molecular formula is C10H16O3. The summed E-state index contributed by atoms with van der Waals surface area (Å²) in [5, 5.41) is 8.80. The molecule has 1 saturated carbocycles. The van der Waals surface area contributed by atoms with E-state index < -0.39 is 5.97 Å². The van der Waals surface area contributed by atoms with Crippen molar-refractivity contribution in [3.8, 4) is 0 Å². The van der Waals surface area contributed by atoms with Gasteiger partial charge in [0.15, 0.2) is 0 Å². The second kappa shape index (κ2) is 4.40. The van der Waals surface area contributed by atoms with Crippen LogP contribution in [0.5, 0.6) is 0 Å². The maximum absolute atomic E-state index is 11.3. The van der Waals surface area contributed by atoms with Gasteiger partial charge in [0, 0.05) is 12.3 Å². The summed E-state index contributed by atoms with van der Waals surface area (Å²) in [5.41, 5.74) is 0. The molecule has 3 heteroatoms. The number of carbonyl (C=O) groups excluding carboxylic acids is 1.